The number of esters is 1. The first-order valence-corrected chi connectivity index (χ1v) is 11.4. The molecule has 0 aromatic heterocycles. The number of carbonyl (C=O) groups is 2. The Balaban J connectivity index is 1.59. The molecule has 2 heterocycles. The number of phenolic OH excluding ortho intramolecular Hbond substituents is 2. The fourth-order valence-electron chi connectivity index (χ4n) is 4.79. The van der Waals surface area contributed by atoms with Gasteiger partial charge < -0.3 is 24.8 Å². The summed E-state index contributed by atoms with van der Waals surface area (Å²) < 4.78 is 11.3. The summed E-state index contributed by atoms with van der Waals surface area (Å²) in [5.41, 5.74) is 1.31. The molecule has 2 aliphatic rings. The molecule has 0 aliphatic carbocycles. The Morgan fingerprint density at radius 1 is 0.914 bits per heavy atom. The van der Waals surface area contributed by atoms with E-state index in [1.165, 1.54) is 12.1 Å². The fraction of sp³-hybridized carbons (Fsp3) is 0.214. The van der Waals surface area contributed by atoms with Gasteiger partial charge in [0.2, 0.25) is 0 Å². The number of cyclic esters (lactones) is 1. The van der Waals surface area contributed by atoms with Crippen molar-refractivity contribution in [3.8, 4) is 17.2 Å². The van der Waals surface area contributed by atoms with Crippen molar-refractivity contribution in [2.75, 3.05) is 0 Å². The van der Waals surface area contributed by atoms with Crippen LogP contribution >= 0.6 is 0 Å². The van der Waals surface area contributed by atoms with Gasteiger partial charge in [-0.1, -0.05) is 66.7 Å². The van der Waals surface area contributed by atoms with Gasteiger partial charge in [-0.2, -0.15) is 0 Å². The Bertz CT molecular complexity index is 1280. The lowest BCUT2D eigenvalue weighted by Crippen LogP contribution is -2.37. The highest BCUT2D eigenvalue weighted by molar-refractivity contribution is 6.03. The molecule has 0 fully saturated rings. The molecule has 0 bridgehead atoms. The van der Waals surface area contributed by atoms with Gasteiger partial charge in [0.05, 0.1) is 6.42 Å². The molecule has 0 saturated carbocycles. The number of hydrogen-bond acceptors (Lipinski definition) is 7. The molecule has 178 valence electrons. The maximum absolute atomic E-state index is 13.2. The number of carbonyl (C=O) groups excluding carboxylic acids is 2. The second-order valence-corrected chi connectivity index (χ2v) is 8.67. The Morgan fingerprint density at radius 3 is 2.29 bits per heavy atom. The molecular formula is C28H24O7. The zero-order valence-corrected chi connectivity index (χ0v) is 18.7. The van der Waals surface area contributed by atoms with E-state index in [-0.39, 0.29) is 41.3 Å². The molecule has 5 rings (SSSR count). The highest BCUT2D eigenvalue weighted by Gasteiger charge is 2.40. The monoisotopic (exact) mass is 472 g/mol. The Kier molecular flexibility index (Phi) is 6.01. The van der Waals surface area contributed by atoms with Crippen LogP contribution in [0.15, 0.2) is 78.9 Å². The molecule has 7 heteroatoms. The molecule has 0 radical (unpaired) electrons. The molecule has 2 aliphatic heterocycles. The predicted octanol–water partition coefficient (Wildman–Crippen LogP) is 4.17. The van der Waals surface area contributed by atoms with Gasteiger partial charge in [-0.15, -0.1) is 0 Å². The minimum Gasteiger partial charge on any atom is -0.507 e. The molecule has 3 aromatic rings. The van der Waals surface area contributed by atoms with E-state index in [9.17, 15) is 24.9 Å². The van der Waals surface area contributed by atoms with E-state index in [4.69, 9.17) is 9.47 Å². The standard InChI is InChI=1S/C28H24O7/c29-18-14-21(16-8-3-1-4-9-16)34-22-15-19(30)26(28(33)25(18)22)24(17-10-5-2-6-11-17)27(32)20-12-7-13-23(31)35-20/h1-11,13,15,20-21,24,27,30,32-33H,12,14H2/t20-,21+,24+,27+/m1/s1. The molecule has 3 aromatic carbocycles. The van der Waals surface area contributed by atoms with Crippen LogP contribution in [0.2, 0.25) is 0 Å². The SMILES string of the molecule is O=C1C=CC[C@H]([C@H](O)[C@@H](c2ccccc2)c2c(O)cc3c(c2O)C(=O)C[C@@H](c2ccccc2)O3)O1. The zero-order chi connectivity index (χ0) is 24.5. The molecule has 0 saturated heterocycles. The highest BCUT2D eigenvalue weighted by atomic mass is 16.6. The number of rotatable bonds is 5. The van der Waals surface area contributed by atoms with E-state index in [1.807, 2.05) is 30.3 Å². The normalized spacial score (nSPS) is 20.9. The van der Waals surface area contributed by atoms with Crippen LogP contribution in [-0.4, -0.2) is 39.3 Å². The summed E-state index contributed by atoms with van der Waals surface area (Å²) in [7, 11) is 0. The van der Waals surface area contributed by atoms with Crippen LogP contribution in [0, 0.1) is 0 Å². The predicted molar refractivity (Wildman–Crippen MR) is 126 cm³/mol. The van der Waals surface area contributed by atoms with E-state index in [1.54, 1.807) is 36.4 Å². The van der Waals surface area contributed by atoms with Crippen molar-refractivity contribution in [3.05, 3.63) is 101 Å². The maximum atomic E-state index is 13.2. The third-order valence-electron chi connectivity index (χ3n) is 6.45. The third-order valence-corrected chi connectivity index (χ3v) is 6.45. The quantitative estimate of drug-likeness (QED) is 0.478. The van der Waals surface area contributed by atoms with Crippen molar-refractivity contribution >= 4 is 11.8 Å². The molecule has 35 heavy (non-hydrogen) atoms. The minimum absolute atomic E-state index is 0.0123. The Labute approximate surface area is 201 Å². The number of fused-ring (bicyclic) bond motifs is 1. The third kappa shape index (κ3) is 4.26. The highest BCUT2D eigenvalue weighted by Crippen LogP contribution is 2.49. The van der Waals surface area contributed by atoms with Crippen LogP contribution in [0.3, 0.4) is 0 Å². The second kappa shape index (κ2) is 9.27. The van der Waals surface area contributed by atoms with Crippen molar-refractivity contribution in [3.63, 3.8) is 0 Å². The number of hydrogen-bond donors (Lipinski definition) is 3. The average molecular weight is 472 g/mol. The Morgan fingerprint density at radius 2 is 1.60 bits per heavy atom. The summed E-state index contributed by atoms with van der Waals surface area (Å²) in [5.74, 6) is -2.63. The number of ketones is 1. The molecule has 0 amide bonds. The number of aliphatic hydroxyl groups is 1. The van der Waals surface area contributed by atoms with Crippen molar-refractivity contribution < 1.29 is 34.4 Å². The lowest BCUT2D eigenvalue weighted by Gasteiger charge is -2.33. The van der Waals surface area contributed by atoms with Crippen LogP contribution in [0.1, 0.15) is 51.9 Å². The van der Waals surface area contributed by atoms with E-state index in [2.05, 4.69) is 0 Å². The molecule has 7 nitrogen and oxygen atoms in total. The first kappa shape index (κ1) is 22.7. The molecule has 3 N–H and O–H groups in total. The second-order valence-electron chi connectivity index (χ2n) is 8.67. The number of Topliss-reactive ketones (excluding diaryl/α,β-unsaturated/α-hetero) is 1. The van der Waals surface area contributed by atoms with Gasteiger partial charge in [0.1, 0.15) is 41.1 Å². The Hall–Kier alpha value is -4.10. The van der Waals surface area contributed by atoms with Crippen LogP contribution in [0.25, 0.3) is 0 Å². The van der Waals surface area contributed by atoms with Gasteiger partial charge in [-0.3, -0.25) is 4.79 Å². The summed E-state index contributed by atoms with van der Waals surface area (Å²) >= 11 is 0. The number of ether oxygens (including phenoxy) is 2. The smallest absolute Gasteiger partial charge is 0.330 e. The number of aliphatic hydroxyl groups excluding tert-OH is 1. The van der Waals surface area contributed by atoms with Crippen molar-refractivity contribution in [1.82, 2.24) is 0 Å². The van der Waals surface area contributed by atoms with E-state index >= 15 is 0 Å². The van der Waals surface area contributed by atoms with E-state index in [0.717, 1.165) is 5.56 Å². The summed E-state index contributed by atoms with van der Waals surface area (Å²) in [6, 6.07) is 19.3. The van der Waals surface area contributed by atoms with Crippen molar-refractivity contribution in [1.29, 1.82) is 0 Å². The van der Waals surface area contributed by atoms with Gasteiger partial charge >= 0.3 is 5.97 Å². The molecule has 0 spiro atoms. The number of phenols is 2. The van der Waals surface area contributed by atoms with Crippen LogP contribution in [-0.2, 0) is 9.53 Å². The zero-order valence-electron chi connectivity index (χ0n) is 18.7. The largest absolute Gasteiger partial charge is 0.507 e. The van der Waals surface area contributed by atoms with Crippen molar-refractivity contribution in [2.45, 2.75) is 37.1 Å². The summed E-state index contributed by atoms with van der Waals surface area (Å²) in [6.07, 6.45) is 0.412. The average Bonchev–Trinajstić information content (AvgIpc) is 2.86. The van der Waals surface area contributed by atoms with Crippen LogP contribution in [0.4, 0.5) is 0 Å². The van der Waals surface area contributed by atoms with Crippen LogP contribution < -0.4 is 4.74 Å². The summed E-state index contributed by atoms with van der Waals surface area (Å²) in [6.45, 7) is 0. The first-order valence-electron chi connectivity index (χ1n) is 11.4. The molecular weight excluding hydrogens is 448 g/mol. The van der Waals surface area contributed by atoms with E-state index < -0.39 is 35.9 Å². The number of benzene rings is 3. The lowest BCUT2D eigenvalue weighted by molar-refractivity contribution is -0.150. The summed E-state index contributed by atoms with van der Waals surface area (Å²) in [4.78, 5) is 25.0. The lowest BCUT2D eigenvalue weighted by atomic mass is 9.80. The minimum atomic E-state index is -1.31. The van der Waals surface area contributed by atoms with Gasteiger partial charge in [-0.05, 0) is 11.1 Å². The first-order chi connectivity index (χ1) is 16.9. The van der Waals surface area contributed by atoms with Crippen molar-refractivity contribution in [2.24, 2.45) is 0 Å². The summed E-state index contributed by atoms with van der Waals surface area (Å²) in [5, 5.41) is 33.6. The number of aromatic hydroxyl groups is 2. The van der Waals surface area contributed by atoms with Gasteiger partial charge in [-0.25, -0.2) is 4.79 Å². The van der Waals surface area contributed by atoms with Gasteiger partial charge in [0, 0.05) is 30.0 Å². The maximum Gasteiger partial charge on any atom is 0.330 e. The molecule has 4 atom stereocenters. The fourth-order valence-corrected chi connectivity index (χ4v) is 4.79. The topological polar surface area (TPSA) is 113 Å². The van der Waals surface area contributed by atoms with Crippen LogP contribution in [0.5, 0.6) is 17.2 Å². The molecule has 0 unspecified atom stereocenters. The van der Waals surface area contributed by atoms with Gasteiger partial charge in [0.15, 0.2) is 5.78 Å². The van der Waals surface area contributed by atoms with Gasteiger partial charge in [0.25, 0.3) is 0 Å². The van der Waals surface area contributed by atoms with E-state index in [0.29, 0.717) is 5.56 Å².